The second-order valence-corrected chi connectivity index (χ2v) is 8.15. The summed E-state index contributed by atoms with van der Waals surface area (Å²) in [4.78, 5) is 27.9. The summed E-state index contributed by atoms with van der Waals surface area (Å²) in [6.45, 7) is 4.12. The maximum atomic E-state index is 13.2. The minimum atomic E-state index is -0.824. The predicted octanol–water partition coefficient (Wildman–Crippen LogP) is 4.64. The highest BCUT2D eigenvalue weighted by Crippen LogP contribution is 2.42. The van der Waals surface area contributed by atoms with Crippen LogP contribution in [0, 0.1) is 13.8 Å². The summed E-state index contributed by atoms with van der Waals surface area (Å²) in [6.07, 6.45) is 0. The van der Waals surface area contributed by atoms with Crippen LogP contribution in [0.4, 0.5) is 0 Å². The Morgan fingerprint density at radius 1 is 1.00 bits per heavy atom. The average Bonchev–Trinajstić information content (AvgIpc) is 3.06. The minimum Gasteiger partial charge on any atom is -0.508 e. The summed E-state index contributed by atoms with van der Waals surface area (Å²) in [7, 11) is 1.47. The van der Waals surface area contributed by atoms with Crippen molar-refractivity contribution in [2.75, 3.05) is 7.11 Å². The normalized spacial score (nSPS) is 17.4. The molecule has 0 radical (unpaired) electrons. The number of phenolic OH excluding ortho intramolecular Hbond substituents is 1. The molecule has 0 aliphatic carbocycles. The molecule has 1 fully saturated rings. The van der Waals surface area contributed by atoms with Gasteiger partial charge >= 0.3 is 0 Å². The zero-order valence-electron chi connectivity index (χ0n) is 18.7. The number of aliphatic hydroxyl groups is 1. The van der Waals surface area contributed by atoms with Crippen LogP contribution in [0.2, 0.25) is 0 Å². The van der Waals surface area contributed by atoms with Crippen molar-refractivity contribution in [2.24, 2.45) is 0 Å². The number of aliphatic hydroxyl groups excluding tert-OH is 1. The molecule has 6 nitrogen and oxygen atoms in total. The van der Waals surface area contributed by atoms with Crippen LogP contribution in [0.1, 0.15) is 33.9 Å². The fourth-order valence-corrected chi connectivity index (χ4v) is 4.19. The van der Waals surface area contributed by atoms with Crippen LogP contribution in [-0.4, -0.2) is 33.9 Å². The summed E-state index contributed by atoms with van der Waals surface area (Å²) in [6, 6.07) is 18.2. The van der Waals surface area contributed by atoms with E-state index in [2.05, 4.69) is 0 Å². The molecule has 3 aromatic rings. The van der Waals surface area contributed by atoms with Crippen molar-refractivity contribution < 1.29 is 24.5 Å². The Kier molecular flexibility index (Phi) is 5.92. The molecule has 2 N–H and O–H groups in total. The van der Waals surface area contributed by atoms with Crippen LogP contribution >= 0.6 is 0 Å². The summed E-state index contributed by atoms with van der Waals surface area (Å²) in [5.74, 6) is -1.30. The smallest absolute Gasteiger partial charge is 0.295 e. The second kappa shape index (κ2) is 8.82. The van der Waals surface area contributed by atoms with Gasteiger partial charge in [-0.25, -0.2) is 0 Å². The number of aryl methyl sites for hydroxylation is 2. The summed E-state index contributed by atoms with van der Waals surface area (Å²) in [5, 5.41) is 21.0. The fourth-order valence-electron chi connectivity index (χ4n) is 4.19. The van der Waals surface area contributed by atoms with E-state index >= 15 is 0 Å². The van der Waals surface area contributed by atoms with Gasteiger partial charge < -0.3 is 19.8 Å². The molecule has 33 heavy (non-hydrogen) atoms. The van der Waals surface area contributed by atoms with Gasteiger partial charge in [0.05, 0.1) is 24.3 Å². The molecule has 168 valence electrons. The van der Waals surface area contributed by atoms with E-state index in [9.17, 15) is 19.8 Å². The Morgan fingerprint density at radius 2 is 1.70 bits per heavy atom. The monoisotopic (exact) mass is 443 g/mol. The molecule has 1 aliphatic rings. The first-order chi connectivity index (χ1) is 15.8. The number of likely N-dealkylation sites (tertiary alicyclic amines) is 1. The molecule has 1 unspecified atom stereocenters. The number of amides is 1. The molecule has 1 amide bonds. The number of benzene rings is 3. The van der Waals surface area contributed by atoms with Crippen molar-refractivity contribution >= 4 is 17.4 Å². The Hall–Kier alpha value is -4.06. The second-order valence-electron chi connectivity index (χ2n) is 8.15. The Morgan fingerprint density at radius 3 is 2.39 bits per heavy atom. The minimum absolute atomic E-state index is 0.0134. The van der Waals surface area contributed by atoms with Gasteiger partial charge in [0, 0.05) is 6.54 Å². The van der Waals surface area contributed by atoms with Crippen molar-refractivity contribution in [3.63, 3.8) is 0 Å². The number of ketones is 1. The third kappa shape index (κ3) is 4.07. The van der Waals surface area contributed by atoms with Crippen LogP contribution in [-0.2, 0) is 16.1 Å². The third-order valence-electron chi connectivity index (χ3n) is 5.96. The van der Waals surface area contributed by atoms with Crippen molar-refractivity contribution in [3.8, 4) is 11.5 Å². The van der Waals surface area contributed by atoms with Crippen LogP contribution in [0.15, 0.2) is 72.3 Å². The van der Waals surface area contributed by atoms with Gasteiger partial charge in [0.15, 0.2) is 0 Å². The number of nitrogens with zero attached hydrogens (tertiary/aromatic N) is 1. The van der Waals surface area contributed by atoms with Crippen LogP contribution in [0.3, 0.4) is 0 Å². The molecule has 3 aromatic carbocycles. The van der Waals surface area contributed by atoms with Gasteiger partial charge in [-0.2, -0.15) is 0 Å². The highest BCUT2D eigenvalue weighted by molar-refractivity contribution is 6.46. The lowest BCUT2D eigenvalue weighted by Gasteiger charge is -2.26. The summed E-state index contributed by atoms with van der Waals surface area (Å²) < 4.78 is 5.36. The SMILES string of the molecule is COc1ccccc1/C(O)=C1/C(=O)C(=O)N(Cc2cc(C)ccc2C)C1c1ccc(O)cc1. The molecule has 0 saturated carbocycles. The number of ether oxygens (including phenoxy) is 1. The first kappa shape index (κ1) is 22.1. The number of methoxy groups -OCH3 is 1. The van der Waals surface area contributed by atoms with Gasteiger partial charge in [0.1, 0.15) is 17.3 Å². The lowest BCUT2D eigenvalue weighted by atomic mass is 9.94. The lowest BCUT2D eigenvalue weighted by Crippen LogP contribution is -2.29. The number of rotatable bonds is 5. The molecule has 6 heteroatoms. The van der Waals surface area contributed by atoms with E-state index < -0.39 is 17.7 Å². The lowest BCUT2D eigenvalue weighted by molar-refractivity contribution is -0.140. The number of carbonyl (C=O) groups is 2. The van der Waals surface area contributed by atoms with Crippen molar-refractivity contribution in [2.45, 2.75) is 26.4 Å². The molecule has 0 bridgehead atoms. The van der Waals surface area contributed by atoms with E-state index in [4.69, 9.17) is 4.74 Å². The molecule has 1 atom stereocenters. The van der Waals surface area contributed by atoms with Gasteiger partial charge in [0.2, 0.25) is 0 Å². The first-order valence-electron chi connectivity index (χ1n) is 10.6. The van der Waals surface area contributed by atoms with Crippen molar-refractivity contribution in [1.29, 1.82) is 0 Å². The summed E-state index contributed by atoms with van der Waals surface area (Å²) in [5.41, 5.74) is 3.87. The predicted molar refractivity (Wildman–Crippen MR) is 125 cm³/mol. The Labute approximate surface area is 192 Å². The van der Waals surface area contributed by atoms with Crippen molar-refractivity contribution in [3.05, 3.63) is 100 Å². The van der Waals surface area contributed by atoms with Crippen LogP contribution in [0.5, 0.6) is 11.5 Å². The van der Waals surface area contributed by atoms with Crippen molar-refractivity contribution in [1.82, 2.24) is 4.90 Å². The highest BCUT2D eigenvalue weighted by atomic mass is 16.5. The van der Waals surface area contributed by atoms with Crippen LogP contribution in [0.25, 0.3) is 5.76 Å². The molecule has 1 heterocycles. The maximum Gasteiger partial charge on any atom is 0.295 e. The number of hydrogen-bond donors (Lipinski definition) is 2. The average molecular weight is 443 g/mol. The van der Waals surface area contributed by atoms with E-state index in [1.54, 1.807) is 36.4 Å². The zero-order valence-corrected chi connectivity index (χ0v) is 18.7. The van der Waals surface area contributed by atoms with Crippen LogP contribution < -0.4 is 4.74 Å². The molecular formula is C27H25NO5. The van der Waals surface area contributed by atoms with E-state index in [1.165, 1.54) is 24.1 Å². The molecule has 1 saturated heterocycles. The number of hydrogen-bond acceptors (Lipinski definition) is 5. The number of phenols is 1. The zero-order chi connectivity index (χ0) is 23.7. The van der Waals surface area contributed by atoms with Gasteiger partial charge in [-0.05, 0) is 54.8 Å². The summed E-state index contributed by atoms with van der Waals surface area (Å²) >= 11 is 0. The number of para-hydroxylation sites is 1. The molecule has 0 spiro atoms. The topological polar surface area (TPSA) is 87.1 Å². The Bertz CT molecular complexity index is 1260. The Balaban J connectivity index is 1.90. The number of carbonyl (C=O) groups excluding carboxylic acids is 2. The maximum absolute atomic E-state index is 13.2. The number of aromatic hydroxyl groups is 1. The van der Waals surface area contributed by atoms with Gasteiger partial charge in [-0.3, -0.25) is 9.59 Å². The van der Waals surface area contributed by atoms with Gasteiger partial charge in [-0.15, -0.1) is 0 Å². The molecule has 1 aliphatic heterocycles. The quantitative estimate of drug-likeness (QED) is 0.341. The molecule has 4 rings (SSSR count). The highest BCUT2D eigenvalue weighted by Gasteiger charge is 2.46. The standard InChI is InChI=1S/C27H25NO5/c1-16-8-9-17(2)19(14-16)15-28-24(18-10-12-20(29)13-11-18)23(26(31)27(28)32)25(30)21-6-4-5-7-22(21)33-3/h4-14,24,29-30H,15H2,1-3H3/b25-23-. The molecular weight excluding hydrogens is 418 g/mol. The number of Topliss-reactive ketones (excluding diaryl/α,β-unsaturated/α-hetero) is 1. The largest absolute Gasteiger partial charge is 0.508 e. The van der Waals surface area contributed by atoms with Gasteiger partial charge in [-0.1, -0.05) is 48.0 Å². The van der Waals surface area contributed by atoms with E-state index in [0.29, 0.717) is 16.9 Å². The van der Waals surface area contributed by atoms with E-state index in [1.807, 2.05) is 32.0 Å². The van der Waals surface area contributed by atoms with Gasteiger partial charge in [0.25, 0.3) is 11.7 Å². The third-order valence-corrected chi connectivity index (χ3v) is 5.96. The van der Waals surface area contributed by atoms with E-state index in [-0.39, 0.29) is 23.6 Å². The van der Waals surface area contributed by atoms with E-state index in [0.717, 1.165) is 16.7 Å². The molecule has 0 aromatic heterocycles. The fraction of sp³-hybridized carbons (Fsp3) is 0.185. The first-order valence-corrected chi connectivity index (χ1v) is 10.6.